The Morgan fingerprint density at radius 3 is 2.28 bits per heavy atom. The number of aromatic nitrogens is 4. The quantitative estimate of drug-likeness (QED) is 0.381. The number of nitrogens with zero attached hydrogens (tertiary/aromatic N) is 7. The van der Waals surface area contributed by atoms with Crippen molar-refractivity contribution in [2.75, 3.05) is 31.1 Å². The predicted molar refractivity (Wildman–Crippen MR) is 145 cm³/mol. The van der Waals surface area contributed by atoms with Crippen LogP contribution in [0.4, 0.5) is 5.82 Å². The van der Waals surface area contributed by atoms with Crippen LogP contribution in [-0.4, -0.2) is 50.8 Å². The van der Waals surface area contributed by atoms with Crippen LogP contribution in [0.25, 0.3) is 16.9 Å². The van der Waals surface area contributed by atoms with Gasteiger partial charge in [-0.15, -0.1) is 12.4 Å². The number of hydrogen-bond donors (Lipinski definition) is 0. The Morgan fingerprint density at radius 2 is 1.58 bits per heavy atom. The maximum atomic E-state index is 8.93. The zero-order valence-corrected chi connectivity index (χ0v) is 21.4. The standard InChI is InChI=1S/C28H29N7.ClH/c1-21-26(22(2)35(32-21)25-6-4-3-5-7-25)20-33-16-18-34(19-17-33)28-27(30-14-15-31-28)24-10-8-23(9-11-24)12-13-29;/h3-11,14-15H,12,16-20H2,1-2H3;1H. The van der Waals surface area contributed by atoms with Crippen molar-refractivity contribution in [3.05, 3.63) is 89.5 Å². The number of rotatable bonds is 6. The molecule has 36 heavy (non-hydrogen) atoms. The molecule has 2 aromatic heterocycles. The van der Waals surface area contributed by atoms with E-state index in [1.807, 2.05) is 42.5 Å². The largest absolute Gasteiger partial charge is 0.352 e. The maximum absolute atomic E-state index is 8.93. The highest BCUT2D eigenvalue weighted by Crippen LogP contribution is 2.28. The van der Waals surface area contributed by atoms with Crippen molar-refractivity contribution in [3.8, 4) is 23.0 Å². The average molecular weight is 500 g/mol. The summed E-state index contributed by atoms with van der Waals surface area (Å²) in [6.45, 7) is 8.84. The highest BCUT2D eigenvalue weighted by Gasteiger charge is 2.23. The first-order chi connectivity index (χ1) is 17.1. The van der Waals surface area contributed by atoms with Gasteiger partial charge in [0.1, 0.15) is 5.69 Å². The fourth-order valence-electron chi connectivity index (χ4n) is 4.70. The van der Waals surface area contributed by atoms with Gasteiger partial charge in [-0.05, 0) is 31.5 Å². The smallest absolute Gasteiger partial charge is 0.155 e. The van der Waals surface area contributed by atoms with E-state index in [1.165, 1.54) is 11.3 Å². The lowest BCUT2D eigenvalue weighted by Gasteiger charge is -2.36. The van der Waals surface area contributed by atoms with E-state index in [-0.39, 0.29) is 12.4 Å². The zero-order valence-electron chi connectivity index (χ0n) is 20.6. The Hall–Kier alpha value is -3.73. The lowest BCUT2D eigenvalue weighted by atomic mass is 10.1. The summed E-state index contributed by atoms with van der Waals surface area (Å²) < 4.78 is 2.05. The highest BCUT2D eigenvalue weighted by molar-refractivity contribution is 5.85. The number of halogens is 1. The molecule has 0 aliphatic carbocycles. The Kier molecular flexibility index (Phi) is 7.99. The number of aryl methyl sites for hydroxylation is 1. The van der Waals surface area contributed by atoms with Crippen LogP contribution < -0.4 is 4.90 Å². The summed E-state index contributed by atoms with van der Waals surface area (Å²) in [6.07, 6.45) is 3.92. The van der Waals surface area contributed by atoms with Crippen LogP contribution in [-0.2, 0) is 13.0 Å². The van der Waals surface area contributed by atoms with Crippen LogP contribution in [0.2, 0.25) is 0 Å². The van der Waals surface area contributed by atoms with Gasteiger partial charge in [0.2, 0.25) is 0 Å². The minimum Gasteiger partial charge on any atom is -0.352 e. The normalized spacial score (nSPS) is 13.8. The molecule has 5 rings (SSSR count). The molecule has 7 nitrogen and oxygen atoms in total. The number of nitriles is 1. The molecule has 0 unspecified atom stereocenters. The molecule has 3 heterocycles. The van der Waals surface area contributed by atoms with Gasteiger partial charge in [0.05, 0.1) is 23.9 Å². The first kappa shape index (κ1) is 25.4. The minimum absolute atomic E-state index is 0. The topological polar surface area (TPSA) is 73.9 Å². The molecule has 1 saturated heterocycles. The summed E-state index contributed by atoms with van der Waals surface area (Å²) >= 11 is 0. The number of piperazine rings is 1. The summed E-state index contributed by atoms with van der Waals surface area (Å²) in [5.41, 5.74) is 7.62. The summed E-state index contributed by atoms with van der Waals surface area (Å²) in [7, 11) is 0. The molecule has 0 radical (unpaired) electrons. The van der Waals surface area contributed by atoms with Crippen LogP contribution in [0.5, 0.6) is 0 Å². The molecule has 0 amide bonds. The number of benzene rings is 2. The van der Waals surface area contributed by atoms with Gasteiger partial charge in [-0.1, -0.05) is 42.5 Å². The predicted octanol–water partition coefficient (Wildman–Crippen LogP) is 4.76. The summed E-state index contributed by atoms with van der Waals surface area (Å²) in [5, 5.41) is 13.7. The fourth-order valence-corrected chi connectivity index (χ4v) is 4.70. The third-order valence-electron chi connectivity index (χ3n) is 6.68. The molecule has 4 aromatic rings. The van der Waals surface area contributed by atoms with Gasteiger partial charge >= 0.3 is 0 Å². The Bertz CT molecular complexity index is 1330. The van der Waals surface area contributed by atoms with Gasteiger partial charge in [0, 0.05) is 61.9 Å². The van der Waals surface area contributed by atoms with Gasteiger partial charge < -0.3 is 4.90 Å². The van der Waals surface area contributed by atoms with Gasteiger partial charge in [-0.2, -0.15) is 10.4 Å². The van der Waals surface area contributed by atoms with E-state index in [2.05, 4.69) is 51.5 Å². The minimum atomic E-state index is 0. The van der Waals surface area contributed by atoms with Crippen LogP contribution in [0.3, 0.4) is 0 Å². The molecule has 0 bridgehead atoms. The van der Waals surface area contributed by atoms with Gasteiger partial charge in [-0.3, -0.25) is 9.88 Å². The maximum Gasteiger partial charge on any atom is 0.155 e. The van der Waals surface area contributed by atoms with Crippen LogP contribution >= 0.6 is 12.4 Å². The molecule has 1 aliphatic rings. The monoisotopic (exact) mass is 499 g/mol. The molecule has 0 atom stereocenters. The van der Waals surface area contributed by atoms with E-state index < -0.39 is 0 Å². The van der Waals surface area contributed by atoms with E-state index in [4.69, 9.17) is 15.3 Å². The van der Waals surface area contributed by atoms with E-state index in [0.717, 1.165) is 66.7 Å². The average Bonchev–Trinajstić information content (AvgIpc) is 3.19. The third-order valence-corrected chi connectivity index (χ3v) is 6.68. The second-order valence-corrected chi connectivity index (χ2v) is 8.92. The molecule has 2 aromatic carbocycles. The lowest BCUT2D eigenvalue weighted by molar-refractivity contribution is 0.248. The molecule has 8 heteroatoms. The van der Waals surface area contributed by atoms with E-state index in [1.54, 1.807) is 12.4 Å². The highest BCUT2D eigenvalue weighted by atomic mass is 35.5. The second-order valence-electron chi connectivity index (χ2n) is 8.92. The Morgan fingerprint density at radius 1 is 0.889 bits per heavy atom. The molecule has 1 fully saturated rings. The van der Waals surface area contributed by atoms with Crippen molar-refractivity contribution in [3.63, 3.8) is 0 Å². The van der Waals surface area contributed by atoms with Gasteiger partial charge in [-0.25, -0.2) is 9.67 Å². The van der Waals surface area contributed by atoms with Crippen LogP contribution in [0.1, 0.15) is 22.5 Å². The summed E-state index contributed by atoms with van der Waals surface area (Å²) in [6, 6.07) is 20.6. The molecule has 1 aliphatic heterocycles. The summed E-state index contributed by atoms with van der Waals surface area (Å²) in [5.74, 6) is 0.921. The van der Waals surface area contributed by atoms with Crippen molar-refractivity contribution in [2.24, 2.45) is 0 Å². The number of anilines is 1. The number of hydrogen-bond acceptors (Lipinski definition) is 6. The zero-order chi connectivity index (χ0) is 24.2. The first-order valence-corrected chi connectivity index (χ1v) is 12.0. The van der Waals surface area contributed by atoms with Crippen molar-refractivity contribution >= 4 is 18.2 Å². The first-order valence-electron chi connectivity index (χ1n) is 12.0. The van der Waals surface area contributed by atoms with Crippen LogP contribution in [0, 0.1) is 25.2 Å². The molecular formula is C28H30ClN7. The SMILES string of the molecule is Cc1nn(-c2ccccc2)c(C)c1CN1CCN(c2nccnc2-c2ccc(CC#N)cc2)CC1.Cl. The van der Waals surface area contributed by atoms with Crippen molar-refractivity contribution in [1.29, 1.82) is 5.26 Å². The molecule has 0 saturated carbocycles. The summed E-state index contributed by atoms with van der Waals surface area (Å²) in [4.78, 5) is 14.2. The van der Waals surface area contributed by atoms with E-state index >= 15 is 0 Å². The fraction of sp³-hybridized carbons (Fsp3) is 0.286. The second kappa shape index (κ2) is 11.3. The molecule has 0 N–H and O–H groups in total. The lowest BCUT2D eigenvalue weighted by Crippen LogP contribution is -2.46. The van der Waals surface area contributed by atoms with Crippen molar-refractivity contribution in [2.45, 2.75) is 26.8 Å². The van der Waals surface area contributed by atoms with E-state index in [9.17, 15) is 0 Å². The van der Waals surface area contributed by atoms with Crippen molar-refractivity contribution < 1.29 is 0 Å². The van der Waals surface area contributed by atoms with E-state index in [0.29, 0.717) is 6.42 Å². The van der Waals surface area contributed by atoms with Crippen LogP contribution in [0.15, 0.2) is 67.0 Å². The molecule has 0 spiro atoms. The Labute approximate surface area is 218 Å². The molecule has 184 valence electrons. The Balaban J connectivity index is 0.00000304. The third kappa shape index (κ3) is 5.25. The number of para-hydroxylation sites is 1. The van der Waals surface area contributed by atoms with Gasteiger partial charge in [0.25, 0.3) is 0 Å². The van der Waals surface area contributed by atoms with Crippen molar-refractivity contribution in [1.82, 2.24) is 24.6 Å². The van der Waals surface area contributed by atoms with Gasteiger partial charge in [0.15, 0.2) is 5.82 Å². The molecular weight excluding hydrogens is 470 g/mol.